The number of halogens is 4. The lowest BCUT2D eigenvalue weighted by Gasteiger charge is -2.16. The molecule has 1 saturated heterocycles. The average molecular weight is 531 g/mol. The normalized spacial score (nSPS) is 15.6. The van der Waals surface area contributed by atoms with Crippen molar-refractivity contribution in [1.82, 2.24) is 4.90 Å². The standard InChI is InChI=1S/C20H14BrF3N2O3S2/c21-12-5-6-15(27)11(9-12)10-16-18(29)26(19(30)31-16)8-7-17(28)25-14-4-2-1-3-13(14)20(22,23)24/h1-6,9-10,27H,7-8H2,(H,25,28)/b16-10-. The fourth-order valence-electron chi connectivity index (χ4n) is 2.74. The number of amides is 2. The van der Waals surface area contributed by atoms with Gasteiger partial charge in [0.05, 0.1) is 16.2 Å². The van der Waals surface area contributed by atoms with Gasteiger partial charge in [0.2, 0.25) is 5.91 Å². The van der Waals surface area contributed by atoms with Crippen LogP contribution in [0.15, 0.2) is 51.8 Å². The molecule has 1 aliphatic heterocycles. The molecule has 0 radical (unpaired) electrons. The highest BCUT2D eigenvalue weighted by molar-refractivity contribution is 9.10. The van der Waals surface area contributed by atoms with Crippen LogP contribution in [0, 0.1) is 0 Å². The summed E-state index contributed by atoms with van der Waals surface area (Å²) in [5, 5.41) is 12.2. The van der Waals surface area contributed by atoms with Crippen LogP contribution in [0.3, 0.4) is 0 Å². The van der Waals surface area contributed by atoms with Crippen LogP contribution in [0.5, 0.6) is 5.75 Å². The first-order valence-electron chi connectivity index (χ1n) is 8.76. The zero-order valence-electron chi connectivity index (χ0n) is 15.6. The van der Waals surface area contributed by atoms with E-state index in [1.165, 1.54) is 29.2 Å². The van der Waals surface area contributed by atoms with Gasteiger partial charge in [-0.05, 0) is 36.4 Å². The number of thiocarbonyl (C=S) groups is 1. The van der Waals surface area contributed by atoms with Gasteiger partial charge in [0, 0.05) is 23.0 Å². The van der Waals surface area contributed by atoms with Crippen molar-refractivity contribution in [3.63, 3.8) is 0 Å². The lowest BCUT2D eigenvalue weighted by molar-refractivity contribution is -0.137. The molecule has 0 aromatic heterocycles. The number of phenolic OH excluding ortho intramolecular Hbond substituents is 1. The van der Waals surface area contributed by atoms with Crippen molar-refractivity contribution in [2.45, 2.75) is 12.6 Å². The van der Waals surface area contributed by atoms with E-state index in [0.29, 0.717) is 10.0 Å². The van der Waals surface area contributed by atoms with E-state index in [0.717, 1.165) is 23.9 Å². The number of hydrogen-bond acceptors (Lipinski definition) is 5. The molecule has 1 heterocycles. The molecule has 0 atom stereocenters. The molecule has 1 fully saturated rings. The molecule has 2 N–H and O–H groups in total. The van der Waals surface area contributed by atoms with E-state index in [9.17, 15) is 27.9 Å². The summed E-state index contributed by atoms with van der Waals surface area (Å²) in [7, 11) is 0. The van der Waals surface area contributed by atoms with Crippen molar-refractivity contribution in [1.29, 1.82) is 0 Å². The minimum absolute atomic E-state index is 0.0174. The third kappa shape index (κ3) is 5.66. The van der Waals surface area contributed by atoms with Crippen LogP contribution in [0.1, 0.15) is 17.5 Å². The van der Waals surface area contributed by atoms with Gasteiger partial charge in [-0.25, -0.2) is 0 Å². The molecule has 0 aliphatic carbocycles. The van der Waals surface area contributed by atoms with Gasteiger partial charge in [-0.2, -0.15) is 13.2 Å². The van der Waals surface area contributed by atoms with E-state index in [1.807, 2.05) is 0 Å². The number of anilines is 1. The van der Waals surface area contributed by atoms with Crippen LogP contribution < -0.4 is 5.32 Å². The molecule has 11 heteroatoms. The highest BCUT2D eigenvalue weighted by atomic mass is 79.9. The molecule has 0 saturated carbocycles. The van der Waals surface area contributed by atoms with Crippen LogP contribution in [-0.4, -0.2) is 32.7 Å². The number of nitrogens with one attached hydrogen (secondary N) is 1. The zero-order chi connectivity index (χ0) is 22.8. The first-order valence-corrected chi connectivity index (χ1v) is 10.8. The number of thioether (sulfide) groups is 1. The van der Waals surface area contributed by atoms with E-state index >= 15 is 0 Å². The second kappa shape index (κ2) is 9.41. The molecular weight excluding hydrogens is 517 g/mol. The molecule has 2 aromatic carbocycles. The number of nitrogens with zero attached hydrogens (tertiary/aromatic N) is 1. The molecule has 3 rings (SSSR count). The van der Waals surface area contributed by atoms with Gasteiger partial charge in [-0.3, -0.25) is 14.5 Å². The summed E-state index contributed by atoms with van der Waals surface area (Å²) < 4.78 is 40.1. The minimum Gasteiger partial charge on any atom is -0.507 e. The fourth-order valence-corrected chi connectivity index (χ4v) is 4.42. The molecule has 5 nitrogen and oxygen atoms in total. The largest absolute Gasteiger partial charge is 0.507 e. The van der Waals surface area contributed by atoms with E-state index in [1.54, 1.807) is 12.1 Å². The first-order chi connectivity index (χ1) is 14.6. The Labute approximate surface area is 193 Å². The number of aromatic hydroxyl groups is 1. The van der Waals surface area contributed by atoms with E-state index < -0.39 is 23.6 Å². The highest BCUT2D eigenvalue weighted by Crippen LogP contribution is 2.36. The summed E-state index contributed by atoms with van der Waals surface area (Å²) in [5.41, 5.74) is -0.891. The van der Waals surface area contributed by atoms with Crippen LogP contribution in [0.25, 0.3) is 6.08 Å². The summed E-state index contributed by atoms with van der Waals surface area (Å²) in [6, 6.07) is 9.40. The van der Waals surface area contributed by atoms with Gasteiger partial charge in [0.25, 0.3) is 5.91 Å². The number of alkyl halides is 3. The third-order valence-corrected chi connectivity index (χ3v) is 6.09. The van der Waals surface area contributed by atoms with Gasteiger partial charge in [-0.1, -0.05) is 52.0 Å². The lowest BCUT2D eigenvalue weighted by atomic mass is 10.1. The molecule has 0 unspecified atom stereocenters. The monoisotopic (exact) mass is 530 g/mol. The van der Waals surface area contributed by atoms with Gasteiger partial charge in [0.1, 0.15) is 10.1 Å². The van der Waals surface area contributed by atoms with E-state index in [-0.39, 0.29) is 33.6 Å². The fraction of sp³-hybridized carbons (Fsp3) is 0.150. The maximum absolute atomic E-state index is 13.1. The molecule has 31 heavy (non-hydrogen) atoms. The Morgan fingerprint density at radius 3 is 2.68 bits per heavy atom. The van der Waals surface area contributed by atoms with Gasteiger partial charge in [0.15, 0.2) is 0 Å². The third-order valence-electron chi connectivity index (χ3n) is 4.22. The van der Waals surface area contributed by atoms with Crippen LogP contribution in [-0.2, 0) is 15.8 Å². The van der Waals surface area contributed by atoms with Crippen LogP contribution in [0.4, 0.5) is 18.9 Å². The molecule has 2 aromatic rings. The van der Waals surface area contributed by atoms with Crippen molar-refractivity contribution in [2.75, 3.05) is 11.9 Å². The molecular formula is C20H14BrF3N2O3S2. The van der Waals surface area contributed by atoms with Crippen molar-refractivity contribution >= 4 is 67.8 Å². The molecule has 0 spiro atoms. The Balaban J connectivity index is 1.67. The highest BCUT2D eigenvalue weighted by Gasteiger charge is 2.34. The Morgan fingerprint density at radius 1 is 1.26 bits per heavy atom. The maximum Gasteiger partial charge on any atom is 0.418 e. The number of para-hydroxylation sites is 1. The number of phenols is 1. The summed E-state index contributed by atoms with van der Waals surface area (Å²) in [6.07, 6.45) is -3.36. The lowest BCUT2D eigenvalue weighted by Crippen LogP contribution is -2.31. The average Bonchev–Trinajstić information content (AvgIpc) is 2.95. The molecule has 1 aliphatic rings. The van der Waals surface area contributed by atoms with Crippen molar-refractivity contribution in [3.8, 4) is 5.75 Å². The summed E-state index contributed by atoms with van der Waals surface area (Å²) in [6.45, 7) is -0.0908. The van der Waals surface area contributed by atoms with Crippen molar-refractivity contribution in [3.05, 3.63) is 63.0 Å². The van der Waals surface area contributed by atoms with Gasteiger partial charge >= 0.3 is 6.18 Å². The molecule has 2 amide bonds. The maximum atomic E-state index is 13.1. The Bertz CT molecular complexity index is 1090. The molecule has 162 valence electrons. The summed E-state index contributed by atoms with van der Waals surface area (Å²) >= 11 is 9.50. The van der Waals surface area contributed by atoms with E-state index in [4.69, 9.17) is 12.2 Å². The Kier molecular flexibility index (Phi) is 7.07. The number of carbonyl (C=O) groups excluding carboxylic acids is 2. The first kappa shape index (κ1) is 23.3. The number of rotatable bonds is 5. The van der Waals surface area contributed by atoms with Gasteiger partial charge in [-0.15, -0.1) is 0 Å². The smallest absolute Gasteiger partial charge is 0.418 e. The topological polar surface area (TPSA) is 69.6 Å². The summed E-state index contributed by atoms with van der Waals surface area (Å²) in [5.74, 6) is -1.14. The quantitative estimate of drug-likeness (QED) is 0.400. The van der Waals surface area contributed by atoms with Crippen molar-refractivity contribution in [2.24, 2.45) is 0 Å². The Morgan fingerprint density at radius 2 is 1.97 bits per heavy atom. The van der Waals surface area contributed by atoms with Crippen LogP contribution >= 0.6 is 39.9 Å². The number of benzene rings is 2. The van der Waals surface area contributed by atoms with Crippen LogP contribution in [0.2, 0.25) is 0 Å². The minimum atomic E-state index is -4.61. The molecule has 0 bridgehead atoms. The Hall–Kier alpha value is -2.37. The predicted molar refractivity (Wildman–Crippen MR) is 120 cm³/mol. The zero-order valence-corrected chi connectivity index (χ0v) is 18.8. The van der Waals surface area contributed by atoms with E-state index in [2.05, 4.69) is 21.2 Å². The number of hydrogen-bond donors (Lipinski definition) is 2. The van der Waals surface area contributed by atoms with Gasteiger partial charge < -0.3 is 10.4 Å². The summed E-state index contributed by atoms with van der Waals surface area (Å²) in [4.78, 5) is 26.3. The second-order valence-electron chi connectivity index (χ2n) is 6.38. The number of carbonyl (C=O) groups is 2. The predicted octanol–water partition coefficient (Wildman–Crippen LogP) is 5.40. The second-order valence-corrected chi connectivity index (χ2v) is 8.97. The van der Waals surface area contributed by atoms with Crippen molar-refractivity contribution < 1.29 is 27.9 Å². The SMILES string of the molecule is O=C(CCN1C(=O)/C(=C/c2cc(Br)ccc2O)SC1=S)Nc1ccccc1C(F)(F)F.